The second-order valence-corrected chi connectivity index (χ2v) is 5.75. The van der Waals surface area contributed by atoms with E-state index in [2.05, 4.69) is 35.6 Å². The van der Waals surface area contributed by atoms with Crippen molar-refractivity contribution in [2.45, 2.75) is 18.4 Å². The Morgan fingerprint density at radius 1 is 1.38 bits per heavy atom. The monoisotopic (exact) mass is 233 g/mol. The summed E-state index contributed by atoms with van der Waals surface area (Å²) in [5.74, 6) is 0. The standard InChI is InChI=1S/C13H15NOS/c15-13(5-6-14-9-13)8-11-7-10-3-1-2-4-12(10)16-11/h1-4,7,14-15H,5-6,8-9H2. The van der Waals surface area contributed by atoms with Gasteiger partial charge in [0.15, 0.2) is 0 Å². The Balaban J connectivity index is 1.89. The fourth-order valence-electron chi connectivity index (χ4n) is 2.33. The lowest BCUT2D eigenvalue weighted by atomic mass is 9.98. The van der Waals surface area contributed by atoms with E-state index >= 15 is 0 Å². The Morgan fingerprint density at radius 3 is 3.00 bits per heavy atom. The summed E-state index contributed by atoms with van der Waals surface area (Å²) in [6.45, 7) is 1.66. The third kappa shape index (κ3) is 1.86. The lowest BCUT2D eigenvalue weighted by Gasteiger charge is -2.19. The molecule has 2 nitrogen and oxygen atoms in total. The van der Waals surface area contributed by atoms with Crippen molar-refractivity contribution in [3.63, 3.8) is 0 Å². The van der Waals surface area contributed by atoms with Gasteiger partial charge in [0, 0.05) is 22.5 Å². The van der Waals surface area contributed by atoms with Crippen molar-refractivity contribution in [1.82, 2.24) is 5.32 Å². The number of rotatable bonds is 2. The third-order valence-corrected chi connectivity index (χ3v) is 4.32. The molecule has 0 amide bonds. The molecule has 1 aromatic heterocycles. The number of thiophene rings is 1. The van der Waals surface area contributed by atoms with Crippen molar-refractivity contribution in [2.24, 2.45) is 0 Å². The topological polar surface area (TPSA) is 32.3 Å². The molecule has 0 saturated carbocycles. The number of hydrogen-bond donors (Lipinski definition) is 2. The van der Waals surface area contributed by atoms with Crippen LogP contribution in [0.15, 0.2) is 30.3 Å². The first-order valence-corrected chi connectivity index (χ1v) is 6.47. The molecular weight excluding hydrogens is 218 g/mol. The maximum Gasteiger partial charge on any atom is 0.0831 e. The molecule has 1 atom stereocenters. The van der Waals surface area contributed by atoms with Crippen LogP contribution in [-0.4, -0.2) is 23.8 Å². The smallest absolute Gasteiger partial charge is 0.0831 e. The summed E-state index contributed by atoms with van der Waals surface area (Å²) in [7, 11) is 0. The average molecular weight is 233 g/mol. The minimum absolute atomic E-state index is 0.527. The molecule has 0 spiro atoms. The van der Waals surface area contributed by atoms with Crippen molar-refractivity contribution >= 4 is 21.4 Å². The summed E-state index contributed by atoms with van der Waals surface area (Å²) in [5.41, 5.74) is -0.527. The van der Waals surface area contributed by atoms with E-state index in [9.17, 15) is 5.11 Å². The van der Waals surface area contributed by atoms with Crippen LogP contribution >= 0.6 is 11.3 Å². The Morgan fingerprint density at radius 2 is 2.25 bits per heavy atom. The van der Waals surface area contributed by atoms with E-state index in [1.165, 1.54) is 15.0 Å². The van der Waals surface area contributed by atoms with Crippen LogP contribution in [0.1, 0.15) is 11.3 Å². The van der Waals surface area contributed by atoms with Gasteiger partial charge in [0.05, 0.1) is 5.60 Å². The molecule has 1 aliphatic rings. The van der Waals surface area contributed by atoms with E-state index in [1.54, 1.807) is 11.3 Å². The van der Waals surface area contributed by atoms with Gasteiger partial charge in [-0.1, -0.05) is 18.2 Å². The van der Waals surface area contributed by atoms with Crippen LogP contribution in [0.3, 0.4) is 0 Å². The first kappa shape index (κ1) is 10.3. The molecule has 0 bridgehead atoms. The van der Waals surface area contributed by atoms with Crippen LogP contribution in [0.25, 0.3) is 10.1 Å². The molecule has 2 aromatic rings. The van der Waals surface area contributed by atoms with Gasteiger partial charge in [-0.15, -0.1) is 11.3 Å². The van der Waals surface area contributed by atoms with Crippen molar-refractivity contribution < 1.29 is 5.11 Å². The fraction of sp³-hybridized carbons (Fsp3) is 0.385. The predicted molar refractivity (Wildman–Crippen MR) is 68.0 cm³/mol. The van der Waals surface area contributed by atoms with Gasteiger partial charge < -0.3 is 10.4 Å². The van der Waals surface area contributed by atoms with Crippen LogP contribution in [0.2, 0.25) is 0 Å². The summed E-state index contributed by atoms with van der Waals surface area (Å²) in [4.78, 5) is 1.28. The number of fused-ring (bicyclic) bond motifs is 1. The van der Waals surface area contributed by atoms with Gasteiger partial charge in [-0.05, 0) is 30.5 Å². The molecule has 16 heavy (non-hydrogen) atoms. The number of benzene rings is 1. The van der Waals surface area contributed by atoms with E-state index < -0.39 is 5.60 Å². The Labute approximate surface area is 98.9 Å². The first-order chi connectivity index (χ1) is 7.75. The van der Waals surface area contributed by atoms with Crippen LogP contribution in [0.5, 0.6) is 0 Å². The molecule has 84 valence electrons. The molecule has 1 fully saturated rings. The molecule has 1 saturated heterocycles. The molecular formula is C13H15NOS. The van der Waals surface area contributed by atoms with Crippen LogP contribution < -0.4 is 5.32 Å². The number of hydrogen-bond acceptors (Lipinski definition) is 3. The van der Waals surface area contributed by atoms with Gasteiger partial charge in [0.1, 0.15) is 0 Å². The Bertz CT molecular complexity index is 466. The zero-order valence-corrected chi connectivity index (χ0v) is 9.89. The van der Waals surface area contributed by atoms with Crippen molar-refractivity contribution in [3.8, 4) is 0 Å². The summed E-state index contributed by atoms with van der Waals surface area (Å²) in [6, 6.07) is 10.6. The second kappa shape index (κ2) is 3.84. The SMILES string of the molecule is OC1(Cc2cc3ccccc3s2)CCNC1. The molecule has 2 N–H and O–H groups in total. The van der Waals surface area contributed by atoms with Gasteiger partial charge in [-0.3, -0.25) is 0 Å². The normalized spacial score (nSPS) is 25.3. The predicted octanol–water partition coefficient (Wildman–Crippen LogP) is 2.17. The van der Waals surface area contributed by atoms with E-state index in [-0.39, 0.29) is 0 Å². The van der Waals surface area contributed by atoms with E-state index in [1.807, 2.05) is 0 Å². The number of nitrogens with one attached hydrogen (secondary N) is 1. The number of β-amino-alcohol motifs (C(OH)–C–C–N with tert-alkyl or cyclic N) is 1. The van der Waals surface area contributed by atoms with E-state index in [4.69, 9.17) is 0 Å². The highest BCUT2D eigenvalue weighted by Crippen LogP contribution is 2.29. The molecule has 0 aliphatic carbocycles. The Kier molecular flexibility index (Phi) is 2.46. The number of aliphatic hydroxyl groups is 1. The molecule has 3 heteroatoms. The molecule has 1 aliphatic heterocycles. The first-order valence-electron chi connectivity index (χ1n) is 5.66. The van der Waals surface area contributed by atoms with Crippen molar-refractivity contribution in [1.29, 1.82) is 0 Å². The molecule has 1 unspecified atom stereocenters. The van der Waals surface area contributed by atoms with Crippen LogP contribution in [-0.2, 0) is 6.42 Å². The highest BCUT2D eigenvalue weighted by atomic mass is 32.1. The van der Waals surface area contributed by atoms with Crippen molar-refractivity contribution in [3.05, 3.63) is 35.2 Å². The lowest BCUT2D eigenvalue weighted by molar-refractivity contribution is 0.0627. The fourth-order valence-corrected chi connectivity index (χ4v) is 3.53. The zero-order chi connectivity index (χ0) is 11.0. The molecule has 3 rings (SSSR count). The van der Waals surface area contributed by atoms with Crippen LogP contribution in [0.4, 0.5) is 0 Å². The van der Waals surface area contributed by atoms with Gasteiger partial charge in [0.25, 0.3) is 0 Å². The summed E-state index contributed by atoms with van der Waals surface area (Å²) in [6.07, 6.45) is 1.64. The van der Waals surface area contributed by atoms with Gasteiger partial charge in [-0.25, -0.2) is 0 Å². The largest absolute Gasteiger partial charge is 0.388 e. The van der Waals surface area contributed by atoms with Gasteiger partial charge in [-0.2, -0.15) is 0 Å². The second-order valence-electron chi connectivity index (χ2n) is 4.58. The molecule has 1 aromatic carbocycles. The summed E-state index contributed by atoms with van der Waals surface area (Å²) >= 11 is 1.79. The zero-order valence-electron chi connectivity index (χ0n) is 9.07. The maximum absolute atomic E-state index is 10.3. The lowest BCUT2D eigenvalue weighted by Crippen LogP contribution is -2.33. The maximum atomic E-state index is 10.3. The van der Waals surface area contributed by atoms with E-state index in [0.717, 1.165) is 25.9 Å². The highest BCUT2D eigenvalue weighted by Gasteiger charge is 2.31. The van der Waals surface area contributed by atoms with E-state index in [0.29, 0.717) is 0 Å². The van der Waals surface area contributed by atoms with Gasteiger partial charge >= 0.3 is 0 Å². The molecule has 2 heterocycles. The van der Waals surface area contributed by atoms with Crippen LogP contribution in [0, 0.1) is 0 Å². The third-order valence-electron chi connectivity index (χ3n) is 3.20. The van der Waals surface area contributed by atoms with Crippen molar-refractivity contribution in [2.75, 3.05) is 13.1 Å². The highest BCUT2D eigenvalue weighted by molar-refractivity contribution is 7.19. The average Bonchev–Trinajstić information content (AvgIpc) is 2.84. The Hall–Kier alpha value is -0.900. The summed E-state index contributed by atoms with van der Waals surface area (Å²) < 4.78 is 1.31. The molecule has 0 radical (unpaired) electrons. The van der Waals surface area contributed by atoms with Gasteiger partial charge in [0.2, 0.25) is 0 Å². The minimum Gasteiger partial charge on any atom is -0.388 e. The minimum atomic E-state index is -0.527. The quantitative estimate of drug-likeness (QED) is 0.833. The summed E-state index contributed by atoms with van der Waals surface area (Å²) in [5, 5.41) is 14.8.